The fourth-order valence-electron chi connectivity index (χ4n) is 4.24. The number of aromatic nitrogens is 5. The second kappa shape index (κ2) is 7.38. The Bertz CT molecular complexity index is 1540. The van der Waals surface area contributed by atoms with Crippen LogP contribution in [-0.2, 0) is 24.2 Å². The fraction of sp³-hybridized carbons (Fsp3) is 0.174. The van der Waals surface area contributed by atoms with Crippen LogP contribution in [0.5, 0.6) is 0 Å². The Morgan fingerprint density at radius 2 is 2.00 bits per heavy atom. The number of anilines is 1. The van der Waals surface area contributed by atoms with E-state index in [1.807, 2.05) is 42.5 Å². The quantitative estimate of drug-likeness (QED) is 0.461. The number of hydrogen-bond acceptors (Lipinski definition) is 6. The van der Waals surface area contributed by atoms with Gasteiger partial charge in [0, 0.05) is 28.5 Å². The molecule has 4 aromatic heterocycles. The second-order valence-corrected chi connectivity index (χ2v) is 8.82. The Balaban J connectivity index is 1.52. The molecule has 1 aliphatic carbocycles. The zero-order valence-electron chi connectivity index (χ0n) is 17.0. The van der Waals surface area contributed by atoms with E-state index in [-0.39, 0.29) is 18.1 Å². The van der Waals surface area contributed by atoms with E-state index < -0.39 is 0 Å². The van der Waals surface area contributed by atoms with Gasteiger partial charge in [-0.05, 0) is 49.1 Å². The first-order valence-electron chi connectivity index (χ1n) is 10.4. The van der Waals surface area contributed by atoms with Crippen LogP contribution in [0.1, 0.15) is 16.9 Å². The summed E-state index contributed by atoms with van der Waals surface area (Å²) in [7, 11) is 0. The van der Waals surface area contributed by atoms with E-state index in [4.69, 9.17) is 4.98 Å². The summed E-state index contributed by atoms with van der Waals surface area (Å²) in [6.07, 6.45) is 6.36. The number of thiophene rings is 1. The molecule has 0 atom stereocenters. The molecular weight excluding hydrogens is 424 g/mol. The normalized spacial score (nSPS) is 13.0. The average molecular weight is 443 g/mol. The lowest BCUT2D eigenvalue weighted by molar-refractivity contribution is -0.116. The minimum Gasteiger partial charge on any atom is -0.325 e. The van der Waals surface area contributed by atoms with Crippen molar-refractivity contribution < 1.29 is 4.79 Å². The largest absolute Gasteiger partial charge is 0.352 e. The highest BCUT2D eigenvalue weighted by Gasteiger charge is 2.26. The molecule has 5 aromatic rings. The molecule has 6 rings (SSSR count). The number of pyridine rings is 1. The summed E-state index contributed by atoms with van der Waals surface area (Å²) in [5.74, 6) is 0.182. The van der Waals surface area contributed by atoms with Crippen LogP contribution in [-0.4, -0.2) is 30.1 Å². The number of carbonyl (C=O) groups is 1. The lowest BCUT2D eigenvalue weighted by Gasteiger charge is -2.09. The number of aryl methyl sites for hydroxylation is 2. The summed E-state index contributed by atoms with van der Waals surface area (Å²) in [6.45, 7) is -0.0956. The second-order valence-electron chi connectivity index (χ2n) is 7.73. The summed E-state index contributed by atoms with van der Waals surface area (Å²) in [6, 6.07) is 12.9. The number of fused-ring (bicyclic) bond motifs is 5. The zero-order chi connectivity index (χ0) is 21.7. The van der Waals surface area contributed by atoms with Gasteiger partial charge >= 0.3 is 5.69 Å². The van der Waals surface area contributed by atoms with Gasteiger partial charge in [0.25, 0.3) is 0 Å². The molecule has 4 heterocycles. The standard InChI is InChI=1S/C23H18N6O2S/c30-18(25-15-7-2-1-3-8-15)13-28-22-19(16-9-4-10-17(16)32-22)21-26-20(27-29(21)23(28)31)14-6-5-11-24-12-14/h1-3,5-8,11-12H,4,9-10,13H2,(H,25,30). The molecule has 0 fully saturated rings. The van der Waals surface area contributed by atoms with Crippen LogP contribution in [0.4, 0.5) is 5.69 Å². The van der Waals surface area contributed by atoms with E-state index in [0.29, 0.717) is 17.2 Å². The zero-order valence-corrected chi connectivity index (χ0v) is 17.8. The van der Waals surface area contributed by atoms with E-state index in [2.05, 4.69) is 15.4 Å². The molecule has 1 aliphatic rings. The van der Waals surface area contributed by atoms with Crippen molar-refractivity contribution in [3.05, 3.63) is 75.8 Å². The summed E-state index contributed by atoms with van der Waals surface area (Å²) in [5.41, 5.74) is 2.82. The molecule has 1 aromatic carbocycles. The Hall–Kier alpha value is -3.85. The molecule has 0 unspecified atom stereocenters. The van der Waals surface area contributed by atoms with Gasteiger partial charge in [0.15, 0.2) is 11.5 Å². The average Bonchev–Trinajstić information content (AvgIpc) is 3.52. The van der Waals surface area contributed by atoms with E-state index >= 15 is 0 Å². The number of carbonyl (C=O) groups excluding carboxylic acids is 1. The minimum absolute atomic E-state index is 0.0956. The molecule has 32 heavy (non-hydrogen) atoms. The van der Waals surface area contributed by atoms with Crippen LogP contribution in [0.2, 0.25) is 0 Å². The third-order valence-corrected chi connectivity index (χ3v) is 6.98. The van der Waals surface area contributed by atoms with Crippen molar-refractivity contribution in [3.8, 4) is 11.4 Å². The Morgan fingerprint density at radius 3 is 2.81 bits per heavy atom. The number of para-hydroxylation sites is 1. The van der Waals surface area contributed by atoms with Crippen LogP contribution in [0.25, 0.3) is 27.3 Å². The van der Waals surface area contributed by atoms with Crippen LogP contribution in [0.15, 0.2) is 59.7 Å². The molecule has 8 nitrogen and oxygen atoms in total. The van der Waals surface area contributed by atoms with Crippen LogP contribution in [0, 0.1) is 0 Å². The van der Waals surface area contributed by atoms with Gasteiger partial charge < -0.3 is 5.32 Å². The highest BCUT2D eigenvalue weighted by molar-refractivity contribution is 7.19. The van der Waals surface area contributed by atoms with Crippen molar-refractivity contribution in [2.24, 2.45) is 0 Å². The molecule has 1 N–H and O–H groups in total. The molecule has 0 bridgehead atoms. The van der Waals surface area contributed by atoms with Gasteiger partial charge in [-0.25, -0.2) is 9.78 Å². The van der Waals surface area contributed by atoms with E-state index in [1.54, 1.807) is 23.7 Å². The molecule has 9 heteroatoms. The number of amides is 1. The van der Waals surface area contributed by atoms with E-state index in [0.717, 1.165) is 35.0 Å². The lowest BCUT2D eigenvalue weighted by Crippen LogP contribution is -2.32. The molecule has 0 aliphatic heterocycles. The smallest absolute Gasteiger partial charge is 0.325 e. The molecule has 0 saturated heterocycles. The summed E-state index contributed by atoms with van der Waals surface area (Å²) >= 11 is 1.58. The van der Waals surface area contributed by atoms with Crippen molar-refractivity contribution in [2.75, 3.05) is 5.32 Å². The van der Waals surface area contributed by atoms with Gasteiger partial charge in [0.2, 0.25) is 5.91 Å². The third kappa shape index (κ3) is 3.01. The van der Waals surface area contributed by atoms with Crippen molar-refractivity contribution in [3.63, 3.8) is 0 Å². The van der Waals surface area contributed by atoms with E-state index in [1.165, 1.54) is 19.5 Å². The van der Waals surface area contributed by atoms with Gasteiger partial charge in [0.1, 0.15) is 11.4 Å². The minimum atomic E-state index is -0.377. The highest BCUT2D eigenvalue weighted by Crippen LogP contribution is 2.38. The number of rotatable bonds is 4. The Morgan fingerprint density at radius 1 is 1.12 bits per heavy atom. The summed E-state index contributed by atoms with van der Waals surface area (Å²) < 4.78 is 2.84. The van der Waals surface area contributed by atoms with Crippen molar-refractivity contribution >= 4 is 38.8 Å². The molecule has 0 radical (unpaired) electrons. The lowest BCUT2D eigenvalue weighted by atomic mass is 10.2. The van der Waals surface area contributed by atoms with Crippen molar-refractivity contribution in [2.45, 2.75) is 25.8 Å². The van der Waals surface area contributed by atoms with Crippen molar-refractivity contribution in [1.82, 2.24) is 24.1 Å². The van der Waals surface area contributed by atoms with Gasteiger partial charge in [-0.1, -0.05) is 18.2 Å². The molecule has 158 valence electrons. The Labute approximate surface area is 186 Å². The maximum absolute atomic E-state index is 13.4. The maximum Gasteiger partial charge on any atom is 0.352 e. The first kappa shape index (κ1) is 18.9. The molecule has 0 spiro atoms. The van der Waals surface area contributed by atoms with Crippen LogP contribution < -0.4 is 11.0 Å². The van der Waals surface area contributed by atoms with Crippen molar-refractivity contribution in [1.29, 1.82) is 0 Å². The number of benzene rings is 1. The monoisotopic (exact) mass is 442 g/mol. The predicted molar refractivity (Wildman–Crippen MR) is 123 cm³/mol. The van der Waals surface area contributed by atoms with Crippen LogP contribution >= 0.6 is 11.3 Å². The van der Waals surface area contributed by atoms with Gasteiger partial charge in [-0.3, -0.25) is 14.3 Å². The molecule has 1 amide bonds. The summed E-state index contributed by atoms with van der Waals surface area (Å²) in [4.78, 5) is 37.1. The number of hydrogen-bond donors (Lipinski definition) is 1. The number of nitrogens with one attached hydrogen (secondary N) is 1. The highest BCUT2D eigenvalue weighted by atomic mass is 32.1. The van der Waals surface area contributed by atoms with Gasteiger partial charge in [-0.15, -0.1) is 16.4 Å². The first-order valence-corrected chi connectivity index (χ1v) is 11.2. The maximum atomic E-state index is 13.4. The number of nitrogens with zero attached hydrogens (tertiary/aromatic N) is 5. The Kier molecular flexibility index (Phi) is 4.36. The molecular formula is C23H18N6O2S. The predicted octanol–water partition coefficient (Wildman–Crippen LogP) is 3.30. The van der Waals surface area contributed by atoms with E-state index in [9.17, 15) is 9.59 Å². The van der Waals surface area contributed by atoms with Gasteiger partial charge in [-0.2, -0.15) is 4.52 Å². The fourth-order valence-corrected chi connectivity index (χ4v) is 5.62. The van der Waals surface area contributed by atoms with Gasteiger partial charge in [0.05, 0.1) is 5.39 Å². The third-order valence-electron chi connectivity index (χ3n) is 5.67. The van der Waals surface area contributed by atoms with Crippen LogP contribution in [0.3, 0.4) is 0 Å². The molecule has 0 saturated carbocycles. The topological polar surface area (TPSA) is 94.2 Å². The SMILES string of the molecule is O=C(Cn1c(=O)n2nc(-c3cccnc3)nc2c2c3c(sc21)CCC3)Nc1ccccc1. The summed E-state index contributed by atoms with van der Waals surface area (Å²) in [5, 5.41) is 8.29. The first-order chi connectivity index (χ1) is 15.7.